The second kappa shape index (κ2) is 15.5. The van der Waals surface area contributed by atoms with E-state index < -0.39 is 22.7 Å². The Hall–Kier alpha value is -2.76. The highest BCUT2D eigenvalue weighted by Crippen LogP contribution is 2.50. The van der Waals surface area contributed by atoms with Gasteiger partial charge < -0.3 is 20.4 Å². The first-order valence-electron chi connectivity index (χ1n) is 15.9. The van der Waals surface area contributed by atoms with Gasteiger partial charge in [0.2, 0.25) is 0 Å². The number of hydrogen-bond donors (Lipinski definition) is 4. The van der Waals surface area contributed by atoms with E-state index in [0.717, 1.165) is 29.6 Å². The van der Waals surface area contributed by atoms with E-state index in [1.807, 2.05) is 64.2 Å². The third kappa shape index (κ3) is 10.4. The van der Waals surface area contributed by atoms with Gasteiger partial charge in [0, 0.05) is 11.8 Å². The van der Waals surface area contributed by atoms with Crippen LogP contribution in [0.25, 0.3) is 0 Å². The highest BCUT2D eigenvalue weighted by atomic mass is 16.4. The molecule has 1 saturated carbocycles. The second-order valence-corrected chi connectivity index (χ2v) is 14.5. The Bertz CT molecular complexity index is 1300. The van der Waals surface area contributed by atoms with Crippen molar-refractivity contribution in [1.29, 1.82) is 0 Å². The SMILES string of the molecule is CC1=C(/C=C/C(C)=C/C=C/C(C)=C/C=C/C=C(C)/C=C/C=C(C)/C=C/C2(O)C(C)(C)CC(O)CC2(C)O)C(C)(C)CC(O)C1. The average Bonchev–Trinajstić information content (AvgIpc) is 2.87. The minimum absolute atomic E-state index is 0.0115. The lowest BCUT2D eigenvalue weighted by atomic mass is 9.57. The predicted octanol–water partition coefficient (Wildman–Crippen LogP) is 8.71. The highest BCUT2D eigenvalue weighted by Gasteiger charge is 2.58. The lowest BCUT2D eigenvalue weighted by Crippen LogP contribution is -2.65. The lowest BCUT2D eigenvalue weighted by molar-refractivity contribution is -0.216. The van der Waals surface area contributed by atoms with Gasteiger partial charge in [-0.15, -0.1) is 0 Å². The van der Waals surface area contributed by atoms with Crippen molar-refractivity contribution in [2.75, 3.05) is 0 Å². The first-order valence-corrected chi connectivity index (χ1v) is 15.9. The molecule has 0 radical (unpaired) electrons. The molecule has 2 aliphatic carbocycles. The Balaban J connectivity index is 1.94. The summed E-state index contributed by atoms with van der Waals surface area (Å²) in [5.74, 6) is 0. The van der Waals surface area contributed by atoms with E-state index in [1.54, 1.807) is 13.0 Å². The summed E-state index contributed by atoms with van der Waals surface area (Å²) in [6.07, 6.45) is 29.6. The minimum Gasteiger partial charge on any atom is -0.393 e. The van der Waals surface area contributed by atoms with E-state index in [9.17, 15) is 20.4 Å². The van der Waals surface area contributed by atoms with Crippen LogP contribution in [-0.4, -0.2) is 43.8 Å². The van der Waals surface area contributed by atoms with Crippen LogP contribution in [0.15, 0.2) is 119 Å². The largest absolute Gasteiger partial charge is 0.393 e. The third-order valence-electron chi connectivity index (χ3n) is 9.07. The lowest BCUT2D eigenvalue weighted by Gasteiger charge is -2.54. The van der Waals surface area contributed by atoms with Gasteiger partial charge in [0.1, 0.15) is 5.60 Å². The van der Waals surface area contributed by atoms with Gasteiger partial charge in [-0.25, -0.2) is 0 Å². The van der Waals surface area contributed by atoms with E-state index in [2.05, 4.69) is 77.2 Å². The molecule has 4 atom stereocenters. The summed E-state index contributed by atoms with van der Waals surface area (Å²) in [4.78, 5) is 0. The van der Waals surface area contributed by atoms with Gasteiger partial charge in [-0.3, -0.25) is 0 Å². The first-order chi connectivity index (χ1) is 20.3. The molecule has 1 fully saturated rings. The molecule has 2 aliphatic rings. The topological polar surface area (TPSA) is 80.9 Å². The van der Waals surface area contributed by atoms with Crippen molar-refractivity contribution in [3.8, 4) is 0 Å². The average molecular weight is 603 g/mol. The molecule has 4 unspecified atom stereocenters. The van der Waals surface area contributed by atoms with Crippen molar-refractivity contribution in [1.82, 2.24) is 0 Å². The molecular weight excluding hydrogens is 544 g/mol. The minimum atomic E-state index is -1.44. The van der Waals surface area contributed by atoms with Crippen molar-refractivity contribution in [2.45, 2.75) is 118 Å². The van der Waals surface area contributed by atoms with Crippen molar-refractivity contribution in [2.24, 2.45) is 10.8 Å². The van der Waals surface area contributed by atoms with Gasteiger partial charge >= 0.3 is 0 Å². The molecule has 242 valence electrons. The molecule has 0 amide bonds. The summed E-state index contributed by atoms with van der Waals surface area (Å²) in [6.45, 7) is 20.1. The zero-order valence-electron chi connectivity index (χ0n) is 28.9. The van der Waals surface area contributed by atoms with Crippen molar-refractivity contribution < 1.29 is 20.4 Å². The molecule has 0 bridgehead atoms. The molecule has 2 rings (SSSR count). The fourth-order valence-electron chi connectivity index (χ4n) is 6.55. The fraction of sp³-hybridized carbons (Fsp3) is 0.500. The Morgan fingerprint density at radius 3 is 1.61 bits per heavy atom. The van der Waals surface area contributed by atoms with Crippen LogP contribution in [0.2, 0.25) is 0 Å². The molecule has 0 aromatic rings. The molecule has 4 nitrogen and oxygen atoms in total. The maximum atomic E-state index is 11.4. The smallest absolute Gasteiger partial charge is 0.117 e. The Morgan fingerprint density at radius 2 is 1.11 bits per heavy atom. The zero-order chi connectivity index (χ0) is 33.3. The zero-order valence-corrected chi connectivity index (χ0v) is 28.9. The fourth-order valence-corrected chi connectivity index (χ4v) is 6.55. The van der Waals surface area contributed by atoms with Crippen molar-refractivity contribution >= 4 is 0 Å². The molecule has 0 spiro atoms. The monoisotopic (exact) mass is 602 g/mol. The molecule has 4 N–H and O–H groups in total. The highest BCUT2D eigenvalue weighted by molar-refractivity contribution is 5.38. The summed E-state index contributed by atoms with van der Waals surface area (Å²) < 4.78 is 0. The summed E-state index contributed by atoms with van der Waals surface area (Å²) in [6, 6.07) is 0. The van der Waals surface area contributed by atoms with Crippen LogP contribution < -0.4 is 0 Å². The van der Waals surface area contributed by atoms with E-state index in [1.165, 1.54) is 16.7 Å². The molecule has 0 heterocycles. The Morgan fingerprint density at radius 1 is 0.636 bits per heavy atom. The molecule has 0 aromatic carbocycles. The van der Waals surface area contributed by atoms with Crippen LogP contribution in [0.4, 0.5) is 0 Å². The summed E-state index contributed by atoms with van der Waals surface area (Å²) in [7, 11) is 0. The number of aliphatic hydroxyl groups excluding tert-OH is 2. The first kappa shape index (κ1) is 37.4. The second-order valence-electron chi connectivity index (χ2n) is 14.5. The predicted molar refractivity (Wildman–Crippen MR) is 187 cm³/mol. The van der Waals surface area contributed by atoms with E-state index >= 15 is 0 Å². The van der Waals surface area contributed by atoms with Gasteiger partial charge in [0.05, 0.1) is 17.8 Å². The normalized spacial score (nSPS) is 31.1. The molecular formula is C40H58O4. The molecule has 0 aliphatic heterocycles. The summed E-state index contributed by atoms with van der Waals surface area (Å²) in [5.41, 5.74) is 3.44. The van der Waals surface area contributed by atoms with Crippen LogP contribution in [-0.2, 0) is 0 Å². The van der Waals surface area contributed by atoms with Crippen molar-refractivity contribution in [3.05, 3.63) is 119 Å². The van der Waals surface area contributed by atoms with Crippen LogP contribution >= 0.6 is 0 Å². The number of allylic oxidation sites excluding steroid dienone is 18. The van der Waals surface area contributed by atoms with Gasteiger partial charge in [-0.2, -0.15) is 0 Å². The molecule has 0 saturated heterocycles. The van der Waals surface area contributed by atoms with Crippen molar-refractivity contribution in [3.63, 3.8) is 0 Å². The Kier molecular flexibility index (Phi) is 13.2. The van der Waals surface area contributed by atoms with Gasteiger partial charge in [-0.05, 0) is 77.9 Å². The molecule has 44 heavy (non-hydrogen) atoms. The maximum absolute atomic E-state index is 11.4. The molecule has 4 heteroatoms. The van der Waals surface area contributed by atoms with Crippen LogP contribution in [0, 0.1) is 10.8 Å². The van der Waals surface area contributed by atoms with Gasteiger partial charge in [0.15, 0.2) is 0 Å². The maximum Gasteiger partial charge on any atom is 0.117 e. The van der Waals surface area contributed by atoms with E-state index in [-0.39, 0.29) is 17.9 Å². The van der Waals surface area contributed by atoms with Crippen LogP contribution in [0.5, 0.6) is 0 Å². The summed E-state index contributed by atoms with van der Waals surface area (Å²) in [5, 5.41) is 42.6. The van der Waals surface area contributed by atoms with Crippen LogP contribution in [0.1, 0.15) is 94.9 Å². The quantitative estimate of drug-likeness (QED) is 0.189. The number of rotatable bonds is 10. The summed E-state index contributed by atoms with van der Waals surface area (Å²) >= 11 is 0. The number of hydrogen-bond acceptors (Lipinski definition) is 4. The standard InChI is InChI=1S/C40H58O4/c1-29(17-13-19-31(3)21-22-36-33(5)25-34(41)26-37(36,6)7)15-11-12-16-30(2)18-14-20-32(4)23-24-40(44)38(8,9)27-35(42)28-39(40,10)43/h11-24,34-35,41-44H,25-28H2,1-10H3/b12-11+,17-13+,18-14+,22-21+,24-23+,29-15+,30-16+,31-19+,32-20+. The Labute approximate surface area is 267 Å². The van der Waals surface area contributed by atoms with Gasteiger partial charge in [0.25, 0.3) is 0 Å². The molecule has 0 aromatic heterocycles. The third-order valence-corrected chi connectivity index (χ3v) is 9.07. The van der Waals surface area contributed by atoms with Crippen LogP contribution in [0.3, 0.4) is 0 Å². The number of aliphatic hydroxyl groups is 4. The van der Waals surface area contributed by atoms with E-state index in [0.29, 0.717) is 6.42 Å². The van der Waals surface area contributed by atoms with E-state index in [4.69, 9.17) is 0 Å². The van der Waals surface area contributed by atoms with Gasteiger partial charge in [-0.1, -0.05) is 135 Å².